The van der Waals surface area contributed by atoms with Crippen LogP contribution in [-0.2, 0) is 6.61 Å². The van der Waals surface area contributed by atoms with Crippen LogP contribution in [0.15, 0.2) is 48.5 Å². The van der Waals surface area contributed by atoms with Gasteiger partial charge in [-0.25, -0.2) is 4.39 Å². The van der Waals surface area contributed by atoms with E-state index in [4.69, 9.17) is 10.5 Å². The van der Waals surface area contributed by atoms with E-state index in [1.807, 2.05) is 29.2 Å². The number of rotatable bonds is 5. The summed E-state index contributed by atoms with van der Waals surface area (Å²) in [5.41, 5.74) is 7.20. The summed E-state index contributed by atoms with van der Waals surface area (Å²) in [5, 5.41) is 0. The number of benzene rings is 2. The Labute approximate surface area is 141 Å². The summed E-state index contributed by atoms with van der Waals surface area (Å²) in [6.07, 6.45) is 0.963. The molecule has 0 aliphatic carbocycles. The highest BCUT2D eigenvalue weighted by Crippen LogP contribution is 2.19. The summed E-state index contributed by atoms with van der Waals surface area (Å²) in [6, 6.07) is 13.4. The number of halogens is 1. The number of hydrogen-bond donors (Lipinski definition) is 1. The highest BCUT2D eigenvalue weighted by molar-refractivity contribution is 5.94. The third-order valence-electron chi connectivity index (χ3n) is 4.28. The minimum atomic E-state index is -0.333. The molecule has 0 bridgehead atoms. The van der Waals surface area contributed by atoms with Crippen molar-refractivity contribution in [3.8, 4) is 5.75 Å². The molecule has 4 nitrogen and oxygen atoms in total. The van der Waals surface area contributed by atoms with Crippen LogP contribution >= 0.6 is 0 Å². The standard InChI is InChI=1S/C19H21FN2O2/c20-17-5-2-6-18(10-17)24-13-14-3-1-4-16(9-14)19(23)22-8-7-15(11-21)12-22/h1-6,9-10,15H,7-8,11-13,21H2/t15-/m0/s1. The molecule has 1 aliphatic rings. The van der Waals surface area contributed by atoms with Gasteiger partial charge in [0.05, 0.1) is 0 Å². The number of ether oxygens (including phenoxy) is 1. The summed E-state index contributed by atoms with van der Waals surface area (Å²) in [5.74, 6) is 0.559. The molecule has 3 rings (SSSR count). The number of nitrogens with two attached hydrogens (primary N) is 1. The molecule has 0 saturated carbocycles. The largest absolute Gasteiger partial charge is 0.489 e. The van der Waals surface area contributed by atoms with Crippen molar-refractivity contribution in [2.24, 2.45) is 11.7 Å². The van der Waals surface area contributed by atoms with E-state index in [1.165, 1.54) is 12.1 Å². The molecular weight excluding hydrogens is 307 g/mol. The lowest BCUT2D eigenvalue weighted by Gasteiger charge is -2.17. The van der Waals surface area contributed by atoms with Crippen molar-refractivity contribution in [1.82, 2.24) is 4.90 Å². The molecule has 2 aromatic carbocycles. The second kappa shape index (κ2) is 7.45. The highest BCUT2D eigenvalue weighted by Gasteiger charge is 2.25. The van der Waals surface area contributed by atoms with E-state index in [0.29, 0.717) is 23.8 Å². The number of carbonyl (C=O) groups excluding carboxylic acids is 1. The quantitative estimate of drug-likeness (QED) is 0.918. The zero-order valence-corrected chi connectivity index (χ0v) is 13.5. The van der Waals surface area contributed by atoms with E-state index >= 15 is 0 Å². The number of amides is 1. The lowest BCUT2D eigenvalue weighted by molar-refractivity contribution is 0.0787. The van der Waals surface area contributed by atoms with Crippen LogP contribution in [0, 0.1) is 11.7 Å². The van der Waals surface area contributed by atoms with Crippen LogP contribution in [0.3, 0.4) is 0 Å². The average Bonchev–Trinajstić information content (AvgIpc) is 3.09. The maximum atomic E-state index is 13.2. The Morgan fingerprint density at radius 2 is 2.08 bits per heavy atom. The zero-order chi connectivity index (χ0) is 16.9. The first-order valence-corrected chi connectivity index (χ1v) is 8.12. The van der Waals surface area contributed by atoms with Gasteiger partial charge in [0.2, 0.25) is 0 Å². The smallest absolute Gasteiger partial charge is 0.253 e. The van der Waals surface area contributed by atoms with Gasteiger partial charge in [-0.05, 0) is 48.7 Å². The third kappa shape index (κ3) is 3.92. The van der Waals surface area contributed by atoms with Crippen molar-refractivity contribution in [3.63, 3.8) is 0 Å². The van der Waals surface area contributed by atoms with E-state index in [9.17, 15) is 9.18 Å². The molecule has 0 spiro atoms. The van der Waals surface area contributed by atoms with Crippen molar-refractivity contribution in [1.29, 1.82) is 0 Å². The van der Waals surface area contributed by atoms with Gasteiger partial charge in [0.15, 0.2) is 0 Å². The van der Waals surface area contributed by atoms with E-state index in [1.54, 1.807) is 12.1 Å². The van der Waals surface area contributed by atoms with Crippen LogP contribution in [0.1, 0.15) is 22.3 Å². The van der Waals surface area contributed by atoms with E-state index < -0.39 is 0 Å². The van der Waals surface area contributed by atoms with Crippen molar-refractivity contribution in [2.75, 3.05) is 19.6 Å². The van der Waals surface area contributed by atoms with Gasteiger partial charge in [0.25, 0.3) is 5.91 Å². The lowest BCUT2D eigenvalue weighted by Crippen LogP contribution is -2.29. The van der Waals surface area contributed by atoms with Gasteiger partial charge >= 0.3 is 0 Å². The maximum Gasteiger partial charge on any atom is 0.253 e. The van der Waals surface area contributed by atoms with Gasteiger partial charge < -0.3 is 15.4 Å². The van der Waals surface area contributed by atoms with Gasteiger partial charge in [-0.2, -0.15) is 0 Å². The molecule has 0 aromatic heterocycles. The molecule has 0 unspecified atom stereocenters. The molecule has 2 aromatic rings. The monoisotopic (exact) mass is 328 g/mol. The number of carbonyl (C=O) groups is 1. The fourth-order valence-electron chi connectivity index (χ4n) is 2.91. The molecular formula is C19H21FN2O2. The van der Waals surface area contributed by atoms with Crippen LogP contribution in [0.25, 0.3) is 0 Å². The highest BCUT2D eigenvalue weighted by atomic mass is 19.1. The van der Waals surface area contributed by atoms with Gasteiger partial charge in [-0.3, -0.25) is 4.79 Å². The zero-order valence-electron chi connectivity index (χ0n) is 13.5. The van der Waals surface area contributed by atoms with Gasteiger partial charge in [-0.1, -0.05) is 18.2 Å². The van der Waals surface area contributed by atoms with Crippen LogP contribution in [0.5, 0.6) is 5.75 Å². The number of nitrogens with zero attached hydrogens (tertiary/aromatic N) is 1. The second-order valence-corrected chi connectivity index (χ2v) is 6.09. The van der Waals surface area contributed by atoms with Gasteiger partial charge in [0.1, 0.15) is 18.2 Å². The predicted octanol–water partition coefficient (Wildman–Crippen LogP) is 2.83. The Bertz CT molecular complexity index is 720. The van der Waals surface area contributed by atoms with E-state index in [2.05, 4.69) is 0 Å². The molecule has 2 N–H and O–H groups in total. The molecule has 24 heavy (non-hydrogen) atoms. The minimum Gasteiger partial charge on any atom is -0.489 e. The first-order chi connectivity index (χ1) is 11.7. The minimum absolute atomic E-state index is 0.0264. The summed E-state index contributed by atoms with van der Waals surface area (Å²) >= 11 is 0. The first-order valence-electron chi connectivity index (χ1n) is 8.12. The molecule has 5 heteroatoms. The molecule has 126 valence electrons. The fraction of sp³-hybridized carbons (Fsp3) is 0.316. The van der Waals surface area contributed by atoms with E-state index in [-0.39, 0.29) is 18.3 Å². The molecule has 1 fully saturated rings. The van der Waals surface area contributed by atoms with Crippen LogP contribution < -0.4 is 10.5 Å². The Kier molecular flexibility index (Phi) is 5.11. The normalized spacial score (nSPS) is 17.1. The van der Waals surface area contributed by atoms with Crippen molar-refractivity contribution < 1.29 is 13.9 Å². The molecule has 0 radical (unpaired) electrons. The van der Waals surface area contributed by atoms with Gasteiger partial charge in [0, 0.05) is 24.7 Å². The Hall–Kier alpha value is -2.40. The summed E-state index contributed by atoms with van der Waals surface area (Å²) in [7, 11) is 0. The van der Waals surface area contributed by atoms with E-state index in [0.717, 1.165) is 25.1 Å². The lowest BCUT2D eigenvalue weighted by atomic mass is 10.1. The predicted molar refractivity (Wildman–Crippen MR) is 90.2 cm³/mol. The van der Waals surface area contributed by atoms with Crippen LogP contribution in [0.2, 0.25) is 0 Å². The third-order valence-corrected chi connectivity index (χ3v) is 4.28. The van der Waals surface area contributed by atoms with Gasteiger partial charge in [-0.15, -0.1) is 0 Å². The molecule has 1 saturated heterocycles. The van der Waals surface area contributed by atoms with Crippen molar-refractivity contribution in [3.05, 3.63) is 65.5 Å². The fourth-order valence-corrected chi connectivity index (χ4v) is 2.91. The summed E-state index contributed by atoms with van der Waals surface area (Å²) < 4.78 is 18.7. The van der Waals surface area contributed by atoms with Crippen molar-refractivity contribution in [2.45, 2.75) is 13.0 Å². The molecule has 1 heterocycles. The SMILES string of the molecule is NC[C@@H]1CCN(C(=O)c2cccc(COc3cccc(F)c3)c2)C1. The number of likely N-dealkylation sites (tertiary alicyclic amines) is 1. The summed E-state index contributed by atoms with van der Waals surface area (Å²) in [6.45, 7) is 2.38. The molecule has 1 atom stereocenters. The van der Waals surface area contributed by atoms with Crippen LogP contribution in [0.4, 0.5) is 4.39 Å². The second-order valence-electron chi connectivity index (χ2n) is 6.09. The Morgan fingerprint density at radius 1 is 1.25 bits per heavy atom. The van der Waals surface area contributed by atoms with Crippen LogP contribution in [-0.4, -0.2) is 30.4 Å². The Morgan fingerprint density at radius 3 is 2.83 bits per heavy atom. The number of hydrogen-bond acceptors (Lipinski definition) is 3. The maximum absolute atomic E-state index is 13.2. The molecule has 1 aliphatic heterocycles. The molecule has 1 amide bonds. The topological polar surface area (TPSA) is 55.6 Å². The Balaban J connectivity index is 1.64. The first kappa shape index (κ1) is 16.5. The van der Waals surface area contributed by atoms with Crippen molar-refractivity contribution >= 4 is 5.91 Å². The average molecular weight is 328 g/mol. The summed E-state index contributed by atoms with van der Waals surface area (Å²) in [4.78, 5) is 14.4.